The lowest BCUT2D eigenvalue weighted by Crippen LogP contribution is -2.39. The summed E-state index contributed by atoms with van der Waals surface area (Å²) in [4.78, 5) is 11.7. The summed E-state index contributed by atoms with van der Waals surface area (Å²) in [5.41, 5.74) is 2.09. The Morgan fingerprint density at radius 1 is 1.60 bits per heavy atom. The molecule has 1 unspecified atom stereocenters. The van der Waals surface area contributed by atoms with E-state index >= 15 is 0 Å². The first-order chi connectivity index (χ1) is 7.27. The van der Waals surface area contributed by atoms with E-state index in [9.17, 15) is 4.79 Å². The third kappa shape index (κ3) is 2.58. The lowest BCUT2D eigenvalue weighted by molar-refractivity contribution is -0.118. The summed E-state index contributed by atoms with van der Waals surface area (Å²) in [6, 6.07) is 0. The smallest absolute Gasteiger partial charge is 0.247 e. The first-order valence-electron chi connectivity index (χ1n) is 5.56. The van der Waals surface area contributed by atoms with Gasteiger partial charge in [0.1, 0.15) is 0 Å². The first-order valence-corrected chi connectivity index (χ1v) is 5.56. The van der Waals surface area contributed by atoms with Crippen molar-refractivity contribution < 1.29 is 9.53 Å². The largest absolute Gasteiger partial charge is 0.376 e. The minimum atomic E-state index is 0.0574. The standard InChI is InChI=1S/C11H18N2O2/c1-8(9-5-12-6-9)11(14)13-7-10-3-2-4-15-10/h10,12H,2-7H2,1H3,(H,13,14). The van der Waals surface area contributed by atoms with E-state index in [2.05, 4.69) is 10.6 Å². The van der Waals surface area contributed by atoms with E-state index in [0.29, 0.717) is 6.54 Å². The third-order valence-electron chi connectivity index (χ3n) is 3.06. The van der Waals surface area contributed by atoms with Gasteiger partial charge in [-0.1, -0.05) is 0 Å². The molecule has 0 bridgehead atoms. The maximum atomic E-state index is 11.7. The molecule has 0 radical (unpaired) electrons. The highest BCUT2D eigenvalue weighted by atomic mass is 16.5. The van der Waals surface area contributed by atoms with Gasteiger partial charge in [-0.05, 0) is 25.3 Å². The molecule has 0 aromatic heterocycles. The fourth-order valence-corrected chi connectivity index (χ4v) is 1.82. The van der Waals surface area contributed by atoms with Crippen molar-refractivity contribution in [1.29, 1.82) is 0 Å². The number of amides is 1. The van der Waals surface area contributed by atoms with Gasteiger partial charge in [0.2, 0.25) is 5.91 Å². The normalized spacial score (nSPS) is 24.9. The Kier molecular flexibility index (Phi) is 3.38. The van der Waals surface area contributed by atoms with Crippen LogP contribution in [0.5, 0.6) is 0 Å². The fourth-order valence-electron chi connectivity index (χ4n) is 1.82. The molecule has 0 aliphatic carbocycles. The zero-order chi connectivity index (χ0) is 10.7. The van der Waals surface area contributed by atoms with Crippen LogP contribution in [0.15, 0.2) is 11.1 Å². The van der Waals surface area contributed by atoms with E-state index in [0.717, 1.165) is 38.1 Å². The lowest BCUT2D eigenvalue weighted by atomic mass is 10.0. The molecule has 2 N–H and O–H groups in total. The molecule has 0 aromatic rings. The Morgan fingerprint density at radius 2 is 2.40 bits per heavy atom. The van der Waals surface area contributed by atoms with Gasteiger partial charge in [-0.3, -0.25) is 4.79 Å². The van der Waals surface area contributed by atoms with E-state index in [1.54, 1.807) is 0 Å². The van der Waals surface area contributed by atoms with Crippen LogP contribution in [0.25, 0.3) is 0 Å². The van der Waals surface area contributed by atoms with Crippen LogP contribution in [-0.2, 0) is 9.53 Å². The Bertz CT molecular complexity index is 274. The zero-order valence-electron chi connectivity index (χ0n) is 9.14. The second-order valence-electron chi connectivity index (χ2n) is 4.18. The van der Waals surface area contributed by atoms with Crippen molar-refractivity contribution in [1.82, 2.24) is 10.6 Å². The highest BCUT2D eigenvalue weighted by molar-refractivity contribution is 5.93. The molecule has 2 fully saturated rings. The van der Waals surface area contributed by atoms with E-state index in [-0.39, 0.29) is 12.0 Å². The van der Waals surface area contributed by atoms with Crippen molar-refractivity contribution in [2.24, 2.45) is 0 Å². The van der Waals surface area contributed by atoms with Crippen LogP contribution >= 0.6 is 0 Å². The highest BCUT2D eigenvalue weighted by Crippen LogP contribution is 2.12. The molecule has 2 heterocycles. The second-order valence-corrected chi connectivity index (χ2v) is 4.18. The van der Waals surface area contributed by atoms with Crippen molar-refractivity contribution in [2.75, 3.05) is 26.2 Å². The number of carbonyl (C=O) groups is 1. The monoisotopic (exact) mass is 210 g/mol. The molecule has 0 aromatic carbocycles. The van der Waals surface area contributed by atoms with Crippen molar-refractivity contribution >= 4 is 5.91 Å². The predicted molar refractivity (Wildman–Crippen MR) is 57.6 cm³/mol. The Balaban J connectivity index is 1.76. The van der Waals surface area contributed by atoms with Crippen LogP contribution in [-0.4, -0.2) is 38.3 Å². The minimum Gasteiger partial charge on any atom is -0.376 e. The molecule has 1 amide bonds. The number of carbonyl (C=O) groups excluding carboxylic acids is 1. The average molecular weight is 210 g/mol. The molecule has 4 nitrogen and oxygen atoms in total. The number of nitrogens with one attached hydrogen (secondary N) is 2. The summed E-state index contributed by atoms with van der Waals surface area (Å²) in [5.74, 6) is 0.0574. The first kappa shape index (κ1) is 10.6. The zero-order valence-corrected chi connectivity index (χ0v) is 9.14. The number of rotatable bonds is 3. The fraction of sp³-hybridized carbons (Fsp3) is 0.727. The Hall–Kier alpha value is -0.870. The van der Waals surface area contributed by atoms with Crippen molar-refractivity contribution in [2.45, 2.75) is 25.9 Å². The van der Waals surface area contributed by atoms with E-state index < -0.39 is 0 Å². The molecule has 0 saturated carbocycles. The van der Waals surface area contributed by atoms with Crippen LogP contribution < -0.4 is 10.6 Å². The van der Waals surface area contributed by atoms with Crippen molar-refractivity contribution in [3.63, 3.8) is 0 Å². The van der Waals surface area contributed by atoms with Crippen molar-refractivity contribution in [3.05, 3.63) is 11.1 Å². The summed E-state index contributed by atoms with van der Waals surface area (Å²) in [7, 11) is 0. The van der Waals surface area contributed by atoms with E-state index in [4.69, 9.17) is 4.74 Å². The maximum Gasteiger partial charge on any atom is 0.247 e. The van der Waals surface area contributed by atoms with E-state index in [1.165, 1.54) is 5.57 Å². The lowest BCUT2D eigenvalue weighted by Gasteiger charge is -2.21. The highest BCUT2D eigenvalue weighted by Gasteiger charge is 2.19. The molecular formula is C11H18N2O2. The minimum absolute atomic E-state index is 0.0574. The summed E-state index contributed by atoms with van der Waals surface area (Å²) >= 11 is 0. The summed E-state index contributed by atoms with van der Waals surface area (Å²) in [6.45, 7) is 5.10. The molecule has 0 spiro atoms. The predicted octanol–water partition coefficient (Wildman–Crippen LogP) is 0.201. The van der Waals surface area contributed by atoms with Gasteiger partial charge in [0.15, 0.2) is 0 Å². The number of hydrogen-bond acceptors (Lipinski definition) is 3. The topological polar surface area (TPSA) is 50.4 Å². The molecule has 4 heteroatoms. The molecule has 1 atom stereocenters. The SMILES string of the molecule is CC(C(=O)NCC1CCCO1)=C1CNC1. The van der Waals surface area contributed by atoms with Gasteiger partial charge in [-0.25, -0.2) is 0 Å². The van der Waals surface area contributed by atoms with Gasteiger partial charge in [0, 0.05) is 31.8 Å². The molecule has 2 saturated heterocycles. The third-order valence-corrected chi connectivity index (χ3v) is 3.06. The number of hydrogen-bond donors (Lipinski definition) is 2. The van der Waals surface area contributed by atoms with Crippen LogP contribution in [0, 0.1) is 0 Å². The summed E-state index contributed by atoms with van der Waals surface area (Å²) in [5, 5.41) is 6.06. The Labute approximate surface area is 90.1 Å². The quantitative estimate of drug-likeness (QED) is 0.654. The van der Waals surface area contributed by atoms with Gasteiger partial charge < -0.3 is 15.4 Å². The second kappa shape index (κ2) is 4.77. The van der Waals surface area contributed by atoms with Crippen LogP contribution in [0.1, 0.15) is 19.8 Å². The molecule has 84 valence electrons. The molecular weight excluding hydrogens is 192 g/mol. The van der Waals surface area contributed by atoms with Crippen LogP contribution in [0.2, 0.25) is 0 Å². The molecule has 15 heavy (non-hydrogen) atoms. The van der Waals surface area contributed by atoms with E-state index in [1.807, 2.05) is 6.92 Å². The molecule has 2 rings (SSSR count). The summed E-state index contributed by atoms with van der Waals surface area (Å²) in [6.07, 6.45) is 2.41. The maximum absolute atomic E-state index is 11.7. The van der Waals surface area contributed by atoms with Gasteiger partial charge in [-0.2, -0.15) is 0 Å². The molecule has 2 aliphatic heterocycles. The van der Waals surface area contributed by atoms with Gasteiger partial charge in [-0.15, -0.1) is 0 Å². The van der Waals surface area contributed by atoms with Crippen molar-refractivity contribution in [3.8, 4) is 0 Å². The van der Waals surface area contributed by atoms with Gasteiger partial charge >= 0.3 is 0 Å². The van der Waals surface area contributed by atoms with Crippen LogP contribution in [0.3, 0.4) is 0 Å². The number of ether oxygens (including phenoxy) is 1. The van der Waals surface area contributed by atoms with Crippen LogP contribution in [0.4, 0.5) is 0 Å². The summed E-state index contributed by atoms with van der Waals surface area (Å²) < 4.78 is 5.44. The average Bonchev–Trinajstić information content (AvgIpc) is 2.63. The van der Waals surface area contributed by atoms with Gasteiger partial charge in [0.05, 0.1) is 6.10 Å². The van der Waals surface area contributed by atoms with Gasteiger partial charge in [0.25, 0.3) is 0 Å². The Morgan fingerprint density at radius 3 is 2.93 bits per heavy atom. The molecule has 2 aliphatic rings.